The van der Waals surface area contributed by atoms with Gasteiger partial charge in [0.25, 0.3) is 11.8 Å². The Hall–Kier alpha value is -2.41. The molecule has 0 aromatic heterocycles. The van der Waals surface area contributed by atoms with Gasteiger partial charge in [-0.2, -0.15) is 0 Å². The van der Waals surface area contributed by atoms with E-state index in [-0.39, 0.29) is 28.5 Å². The van der Waals surface area contributed by atoms with Crippen LogP contribution in [0.15, 0.2) is 18.2 Å². The number of carbonyl (C=O) groups excluding carboxylic acids is 2. The van der Waals surface area contributed by atoms with Crippen LogP contribution in [0.5, 0.6) is 0 Å². The second-order valence-electron chi connectivity index (χ2n) is 10.1. The van der Waals surface area contributed by atoms with Gasteiger partial charge in [-0.15, -0.1) is 0 Å². The summed E-state index contributed by atoms with van der Waals surface area (Å²) < 4.78 is 0. The van der Waals surface area contributed by atoms with Crippen LogP contribution in [0.25, 0.3) is 0 Å². The molecular formula is C30H51N3O4. The van der Waals surface area contributed by atoms with Crippen LogP contribution in [0.2, 0.25) is 0 Å². The number of carboxylic acid groups (broad SMARTS) is 1. The fourth-order valence-electron chi connectivity index (χ4n) is 4.36. The molecule has 0 heterocycles. The monoisotopic (exact) mass is 517 g/mol. The molecule has 1 atom stereocenters. The van der Waals surface area contributed by atoms with Gasteiger partial charge < -0.3 is 21.5 Å². The molecule has 210 valence electrons. The van der Waals surface area contributed by atoms with Crippen LogP contribution in [0.4, 0.5) is 0 Å². The minimum Gasteiger partial charge on any atom is -0.480 e. The molecule has 2 amide bonds. The van der Waals surface area contributed by atoms with E-state index >= 15 is 0 Å². The Balaban J connectivity index is 2.57. The summed E-state index contributed by atoms with van der Waals surface area (Å²) in [5.74, 6) is -1.85. The van der Waals surface area contributed by atoms with E-state index in [1.807, 2.05) is 0 Å². The van der Waals surface area contributed by atoms with Crippen LogP contribution in [0, 0.1) is 0 Å². The second-order valence-corrected chi connectivity index (χ2v) is 10.1. The summed E-state index contributed by atoms with van der Waals surface area (Å²) in [6, 6.07) is 3.15. The molecule has 1 unspecified atom stereocenters. The van der Waals surface area contributed by atoms with Crippen molar-refractivity contribution in [2.75, 3.05) is 13.1 Å². The van der Waals surface area contributed by atoms with Crippen molar-refractivity contribution in [2.24, 2.45) is 5.73 Å². The Kier molecular flexibility index (Phi) is 18.2. The summed E-state index contributed by atoms with van der Waals surface area (Å²) in [4.78, 5) is 37.0. The maximum absolute atomic E-state index is 12.8. The summed E-state index contributed by atoms with van der Waals surface area (Å²) in [6.45, 7) is 5.51. The number of carbonyl (C=O) groups is 3. The van der Waals surface area contributed by atoms with E-state index in [0.717, 1.165) is 38.5 Å². The number of nitrogens with two attached hydrogens (primary N) is 1. The number of nitrogens with one attached hydrogen (secondary N) is 2. The fraction of sp³-hybridized carbons (Fsp3) is 0.700. The lowest BCUT2D eigenvalue weighted by Gasteiger charge is -2.13. The molecule has 37 heavy (non-hydrogen) atoms. The fourth-order valence-corrected chi connectivity index (χ4v) is 4.36. The van der Waals surface area contributed by atoms with Crippen LogP contribution in [-0.2, 0) is 4.79 Å². The van der Waals surface area contributed by atoms with Gasteiger partial charge >= 0.3 is 5.97 Å². The predicted octanol–water partition coefficient (Wildman–Crippen LogP) is 6.51. The summed E-state index contributed by atoms with van der Waals surface area (Å²) in [5.41, 5.74) is 6.56. The molecule has 0 aliphatic heterocycles. The standard InChI is InChI=1S/C30H51N3O4/c1-3-5-7-9-11-13-15-17-19-32-28(34)25-21-24(27(31)30(36)37)22-26(23-25)29(35)33-20-18-16-14-12-10-8-6-4-2/h21-23,27H,3-20,31H2,1-2H3,(H,32,34)(H,33,35)(H,36,37). The number of aliphatic carboxylic acids is 1. The van der Waals surface area contributed by atoms with E-state index in [9.17, 15) is 19.5 Å². The van der Waals surface area contributed by atoms with E-state index in [1.54, 1.807) is 0 Å². The van der Waals surface area contributed by atoms with Gasteiger partial charge in [-0.1, -0.05) is 104 Å². The van der Waals surface area contributed by atoms with Crippen LogP contribution in [0.1, 0.15) is 149 Å². The largest absolute Gasteiger partial charge is 0.480 e. The van der Waals surface area contributed by atoms with Crippen molar-refractivity contribution in [2.45, 2.75) is 123 Å². The van der Waals surface area contributed by atoms with Crippen molar-refractivity contribution < 1.29 is 19.5 Å². The highest BCUT2D eigenvalue weighted by molar-refractivity contribution is 6.00. The molecular weight excluding hydrogens is 466 g/mol. The number of unbranched alkanes of at least 4 members (excludes halogenated alkanes) is 14. The van der Waals surface area contributed by atoms with Crippen molar-refractivity contribution >= 4 is 17.8 Å². The first-order valence-corrected chi connectivity index (χ1v) is 14.6. The van der Waals surface area contributed by atoms with Gasteiger partial charge in [0, 0.05) is 24.2 Å². The number of carboxylic acids is 1. The minimum absolute atomic E-state index is 0.240. The number of rotatable bonds is 22. The Morgan fingerprint density at radius 1 is 0.649 bits per heavy atom. The Bertz CT molecular complexity index is 745. The highest BCUT2D eigenvalue weighted by Crippen LogP contribution is 2.17. The van der Waals surface area contributed by atoms with Gasteiger partial charge in [-0.3, -0.25) is 14.4 Å². The predicted molar refractivity (Wildman–Crippen MR) is 151 cm³/mol. The SMILES string of the molecule is CCCCCCCCCCNC(=O)c1cc(C(=O)NCCCCCCCCCC)cc(C(N)C(=O)O)c1. The maximum Gasteiger partial charge on any atom is 0.325 e. The lowest BCUT2D eigenvalue weighted by Crippen LogP contribution is -2.28. The van der Waals surface area contributed by atoms with Crippen molar-refractivity contribution in [1.29, 1.82) is 0 Å². The van der Waals surface area contributed by atoms with E-state index in [4.69, 9.17) is 5.73 Å². The number of amides is 2. The van der Waals surface area contributed by atoms with Crippen LogP contribution < -0.4 is 16.4 Å². The molecule has 0 saturated carbocycles. The molecule has 5 N–H and O–H groups in total. The molecule has 0 bridgehead atoms. The topological polar surface area (TPSA) is 122 Å². The second kappa shape index (κ2) is 20.6. The number of benzene rings is 1. The summed E-state index contributed by atoms with van der Waals surface area (Å²) >= 11 is 0. The first-order chi connectivity index (χ1) is 17.9. The van der Waals surface area contributed by atoms with Gasteiger partial charge in [0.05, 0.1) is 0 Å². The van der Waals surface area contributed by atoms with Crippen molar-refractivity contribution in [1.82, 2.24) is 10.6 Å². The van der Waals surface area contributed by atoms with Crippen molar-refractivity contribution in [3.05, 3.63) is 34.9 Å². The smallest absolute Gasteiger partial charge is 0.325 e. The Labute approximate surface area is 224 Å². The molecule has 0 aliphatic rings. The quantitative estimate of drug-likeness (QED) is 0.131. The van der Waals surface area contributed by atoms with Gasteiger partial charge in [0.1, 0.15) is 6.04 Å². The van der Waals surface area contributed by atoms with Crippen molar-refractivity contribution in [3.63, 3.8) is 0 Å². The molecule has 0 fully saturated rings. The van der Waals surface area contributed by atoms with Crippen LogP contribution >= 0.6 is 0 Å². The highest BCUT2D eigenvalue weighted by atomic mass is 16.4. The molecule has 1 aromatic rings. The third-order valence-corrected chi connectivity index (χ3v) is 6.74. The zero-order chi connectivity index (χ0) is 27.3. The summed E-state index contributed by atoms with van der Waals surface area (Å²) in [5, 5.41) is 15.1. The van der Waals surface area contributed by atoms with Crippen LogP contribution in [0.3, 0.4) is 0 Å². The summed E-state index contributed by atoms with van der Waals surface area (Å²) in [6.07, 6.45) is 18.8. The number of hydrogen-bond donors (Lipinski definition) is 4. The van der Waals surface area contributed by atoms with E-state index in [0.29, 0.717) is 13.1 Å². The van der Waals surface area contributed by atoms with Gasteiger partial charge in [0.15, 0.2) is 0 Å². The first-order valence-electron chi connectivity index (χ1n) is 14.6. The summed E-state index contributed by atoms with van der Waals surface area (Å²) in [7, 11) is 0. The number of hydrogen-bond acceptors (Lipinski definition) is 4. The molecule has 0 aliphatic carbocycles. The minimum atomic E-state index is -1.31. The van der Waals surface area contributed by atoms with Gasteiger partial charge in [0.2, 0.25) is 0 Å². The van der Waals surface area contributed by atoms with E-state index in [1.165, 1.54) is 82.4 Å². The highest BCUT2D eigenvalue weighted by Gasteiger charge is 2.20. The molecule has 1 rings (SSSR count). The average Bonchev–Trinajstić information content (AvgIpc) is 2.90. The molecule has 0 saturated heterocycles. The van der Waals surface area contributed by atoms with E-state index < -0.39 is 12.0 Å². The third kappa shape index (κ3) is 14.8. The van der Waals surface area contributed by atoms with Gasteiger partial charge in [-0.25, -0.2) is 0 Å². The molecule has 0 spiro atoms. The molecule has 7 nitrogen and oxygen atoms in total. The van der Waals surface area contributed by atoms with E-state index in [2.05, 4.69) is 24.5 Å². The first kappa shape index (κ1) is 32.6. The Morgan fingerprint density at radius 3 is 1.35 bits per heavy atom. The zero-order valence-electron chi connectivity index (χ0n) is 23.3. The average molecular weight is 518 g/mol. The maximum atomic E-state index is 12.8. The van der Waals surface area contributed by atoms with Crippen LogP contribution in [-0.4, -0.2) is 36.0 Å². The normalized spacial score (nSPS) is 11.8. The lowest BCUT2D eigenvalue weighted by atomic mass is 9.99. The zero-order valence-corrected chi connectivity index (χ0v) is 23.3. The molecule has 1 aromatic carbocycles. The third-order valence-electron chi connectivity index (χ3n) is 6.74. The molecule has 0 radical (unpaired) electrons. The van der Waals surface area contributed by atoms with Crippen molar-refractivity contribution in [3.8, 4) is 0 Å². The molecule has 7 heteroatoms. The Morgan fingerprint density at radius 2 is 1.00 bits per heavy atom. The lowest BCUT2D eigenvalue weighted by molar-refractivity contribution is -0.138. The van der Waals surface area contributed by atoms with Gasteiger partial charge in [-0.05, 0) is 36.6 Å².